The molecule has 0 amide bonds. The molecule has 0 aliphatic heterocycles. The van der Waals surface area contributed by atoms with E-state index in [1.165, 1.54) is 12.1 Å². The Morgan fingerprint density at radius 1 is 1.37 bits per heavy atom. The molecule has 0 saturated heterocycles. The summed E-state index contributed by atoms with van der Waals surface area (Å²) in [5.41, 5.74) is 0.678. The molecule has 1 aromatic heterocycles. The first kappa shape index (κ1) is 14.1. The molecule has 0 saturated carbocycles. The molecule has 1 heterocycles. The van der Waals surface area contributed by atoms with Crippen molar-refractivity contribution in [2.75, 3.05) is 0 Å². The van der Waals surface area contributed by atoms with Crippen LogP contribution < -0.4 is 5.32 Å². The molecule has 6 heteroatoms. The van der Waals surface area contributed by atoms with Crippen LogP contribution in [0.25, 0.3) is 11.4 Å². The molecule has 0 atom stereocenters. The van der Waals surface area contributed by atoms with E-state index in [-0.39, 0.29) is 11.4 Å². The van der Waals surface area contributed by atoms with E-state index in [0.717, 1.165) is 0 Å². The van der Waals surface area contributed by atoms with Crippen LogP contribution >= 0.6 is 15.9 Å². The van der Waals surface area contributed by atoms with E-state index in [0.29, 0.717) is 28.3 Å². The Labute approximate surface area is 119 Å². The molecule has 0 aliphatic carbocycles. The van der Waals surface area contributed by atoms with E-state index in [1.54, 1.807) is 6.07 Å². The van der Waals surface area contributed by atoms with Gasteiger partial charge in [0.25, 0.3) is 0 Å². The minimum Gasteiger partial charge on any atom is -0.338 e. The van der Waals surface area contributed by atoms with Crippen LogP contribution in [0.5, 0.6) is 0 Å². The van der Waals surface area contributed by atoms with Gasteiger partial charge < -0.3 is 9.84 Å². The lowest BCUT2D eigenvalue weighted by molar-refractivity contribution is 0.336. The number of rotatable bonds is 3. The van der Waals surface area contributed by atoms with E-state index in [2.05, 4.69) is 52.2 Å². The van der Waals surface area contributed by atoms with Gasteiger partial charge in [0.2, 0.25) is 11.7 Å². The fourth-order valence-corrected chi connectivity index (χ4v) is 1.98. The highest BCUT2D eigenvalue weighted by Gasteiger charge is 2.14. The number of aromatic nitrogens is 2. The first-order valence-corrected chi connectivity index (χ1v) is 6.67. The van der Waals surface area contributed by atoms with Gasteiger partial charge in [0.05, 0.1) is 6.54 Å². The van der Waals surface area contributed by atoms with Gasteiger partial charge in [0, 0.05) is 15.6 Å². The Bertz CT molecular complexity index is 578. The summed E-state index contributed by atoms with van der Waals surface area (Å²) in [7, 11) is 0. The molecule has 102 valence electrons. The third kappa shape index (κ3) is 3.84. The molecule has 4 nitrogen and oxygen atoms in total. The monoisotopic (exact) mass is 327 g/mol. The van der Waals surface area contributed by atoms with E-state index < -0.39 is 0 Å². The molecular weight excluding hydrogens is 313 g/mol. The summed E-state index contributed by atoms with van der Waals surface area (Å²) in [5.74, 6) is 0.632. The molecular formula is C13H15BrFN3O. The molecule has 2 rings (SSSR count). The number of halogens is 2. The SMILES string of the molecule is CC(C)(C)NCc1nc(-c2ccc(F)cc2Br)no1. The van der Waals surface area contributed by atoms with Crippen LogP contribution in [0.3, 0.4) is 0 Å². The first-order chi connectivity index (χ1) is 8.85. The molecule has 1 aromatic carbocycles. The average Bonchev–Trinajstić information content (AvgIpc) is 2.74. The number of nitrogens with zero attached hydrogens (tertiary/aromatic N) is 2. The van der Waals surface area contributed by atoms with Gasteiger partial charge in [-0.05, 0) is 54.9 Å². The minimum atomic E-state index is -0.311. The highest BCUT2D eigenvalue weighted by atomic mass is 79.9. The van der Waals surface area contributed by atoms with Gasteiger partial charge in [-0.1, -0.05) is 5.16 Å². The highest BCUT2D eigenvalue weighted by molar-refractivity contribution is 9.10. The van der Waals surface area contributed by atoms with E-state index in [4.69, 9.17) is 4.52 Å². The zero-order valence-electron chi connectivity index (χ0n) is 11.0. The van der Waals surface area contributed by atoms with E-state index >= 15 is 0 Å². The molecule has 2 aromatic rings. The Morgan fingerprint density at radius 3 is 2.74 bits per heavy atom. The second kappa shape index (κ2) is 5.38. The van der Waals surface area contributed by atoms with Gasteiger partial charge >= 0.3 is 0 Å². The van der Waals surface area contributed by atoms with Gasteiger partial charge in [-0.15, -0.1) is 0 Å². The Morgan fingerprint density at radius 2 is 2.11 bits per heavy atom. The van der Waals surface area contributed by atoms with Crippen LogP contribution in [0, 0.1) is 5.82 Å². The van der Waals surface area contributed by atoms with E-state index in [9.17, 15) is 4.39 Å². The fraction of sp³-hybridized carbons (Fsp3) is 0.385. The maximum absolute atomic E-state index is 13.0. The summed E-state index contributed by atoms with van der Waals surface area (Å²) in [6.45, 7) is 6.66. The zero-order chi connectivity index (χ0) is 14.0. The van der Waals surface area contributed by atoms with Crippen molar-refractivity contribution in [2.24, 2.45) is 0 Å². The van der Waals surface area contributed by atoms with Crippen molar-refractivity contribution in [3.8, 4) is 11.4 Å². The number of nitrogens with one attached hydrogen (secondary N) is 1. The molecule has 0 spiro atoms. The minimum absolute atomic E-state index is 0.0227. The van der Waals surface area contributed by atoms with Gasteiger partial charge in [0.15, 0.2) is 0 Å². The van der Waals surface area contributed by atoms with Crippen LogP contribution in [-0.4, -0.2) is 15.7 Å². The standard InChI is InChI=1S/C13H15BrFN3O/c1-13(2,3)16-7-11-17-12(18-19-11)9-5-4-8(15)6-10(9)14/h4-6,16H,7H2,1-3H3. The van der Waals surface area contributed by atoms with Crippen molar-refractivity contribution in [1.82, 2.24) is 15.5 Å². The smallest absolute Gasteiger partial charge is 0.240 e. The van der Waals surface area contributed by atoms with Crippen LogP contribution in [0.4, 0.5) is 4.39 Å². The van der Waals surface area contributed by atoms with Gasteiger partial charge in [0.1, 0.15) is 5.82 Å². The Balaban J connectivity index is 2.16. The molecule has 1 N–H and O–H groups in total. The number of hydrogen-bond donors (Lipinski definition) is 1. The van der Waals surface area contributed by atoms with Crippen molar-refractivity contribution in [3.63, 3.8) is 0 Å². The third-order valence-electron chi connectivity index (χ3n) is 2.41. The predicted octanol–water partition coefficient (Wildman–Crippen LogP) is 3.53. The van der Waals surface area contributed by atoms with Gasteiger partial charge in [-0.3, -0.25) is 0 Å². The lowest BCUT2D eigenvalue weighted by atomic mass is 10.1. The largest absolute Gasteiger partial charge is 0.338 e. The van der Waals surface area contributed by atoms with Crippen LogP contribution in [0.1, 0.15) is 26.7 Å². The summed E-state index contributed by atoms with van der Waals surface area (Å²) in [4.78, 5) is 4.28. The maximum Gasteiger partial charge on any atom is 0.240 e. The van der Waals surface area contributed by atoms with Crippen molar-refractivity contribution in [3.05, 3.63) is 34.4 Å². The molecule has 0 bridgehead atoms. The van der Waals surface area contributed by atoms with Crippen LogP contribution in [0.15, 0.2) is 27.2 Å². The second-order valence-corrected chi connectivity index (χ2v) is 6.09. The van der Waals surface area contributed by atoms with Crippen molar-refractivity contribution in [1.29, 1.82) is 0 Å². The average molecular weight is 328 g/mol. The number of benzene rings is 1. The molecule has 0 fully saturated rings. The normalized spacial score (nSPS) is 11.8. The lowest BCUT2D eigenvalue weighted by Crippen LogP contribution is -2.35. The molecule has 0 aliphatic rings. The summed E-state index contributed by atoms with van der Waals surface area (Å²) in [5, 5.41) is 7.16. The van der Waals surface area contributed by atoms with Gasteiger partial charge in [-0.2, -0.15) is 4.98 Å². The predicted molar refractivity (Wildman–Crippen MR) is 74.0 cm³/mol. The summed E-state index contributed by atoms with van der Waals surface area (Å²) in [6.07, 6.45) is 0. The third-order valence-corrected chi connectivity index (χ3v) is 3.07. The van der Waals surface area contributed by atoms with Gasteiger partial charge in [-0.25, -0.2) is 4.39 Å². The summed E-state index contributed by atoms with van der Waals surface area (Å²) in [6, 6.07) is 4.35. The maximum atomic E-state index is 13.0. The Hall–Kier alpha value is -1.27. The lowest BCUT2D eigenvalue weighted by Gasteiger charge is -2.18. The molecule has 19 heavy (non-hydrogen) atoms. The molecule has 0 radical (unpaired) electrons. The Kier molecular flexibility index (Phi) is 4.01. The van der Waals surface area contributed by atoms with Crippen molar-refractivity contribution >= 4 is 15.9 Å². The van der Waals surface area contributed by atoms with E-state index in [1.807, 2.05) is 0 Å². The summed E-state index contributed by atoms with van der Waals surface area (Å²) < 4.78 is 18.8. The second-order valence-electron chi connectivity index (χ2n) is 5.24. The topological polar surface area (TPSA) is 51.0 Å². The fourth-order valence-electron chi connectivity index (χ4n) is 1.45. The first-order valence-electron chi connectivity index (χ1n) is 5.88. The quantitative estimate of drug-likeness (QED) is 0.936. The van der Waals surface area contributed by atoms with Crippen molar-refractivity contribution in [2.45, 2.75) is 32.9 Å². The summed E-state index contributed by atoms with van der Waals surface area (Å²) >= 11 is 3.29. The van der Waals surface area contributed by atoms with Crippen molar-refractivity contribution < 1.29 is 8.91 Å². The van der Waals surface area contributed by atoms with Crippen LogP contribution in [-0.2, 0) is 6.54 Å². The van der Waals surface area contributed by atoms with Crippen LogP contribution in [0.2, 0.25) is 0 Å². The zero-order valence-corrected chi connectivity index (χ0v) is 12.6. The molecule has 0 unspecified atom stereocenters. The highest BCUT2D eigenvalue weighted by Crippen LogP contribution is 2.26. The number of hydrogen-bond acceptors (Lipinski definition) is 4.